The van der Waals surface area contributed by atoms with Crippen molar-refractivity contribution in [1.82, 2.24) is 14.9 Å². The fraction of sp³-hybridized carbons (Fsp3) is 0.353. The molecule has 0 aliphatic rings. The van der Waals surface area contributed by atoms with Crippen LogP contribution in [0, 0.1) is 0 Å². The zero-order chi connectivity index (χ0) is 16.7. The van der Waals surface area contributed by atoms with E-state index in [4.69, 9.17) is 11.6 Å². The summed E-state index contributed by atoms with van der Waals surface area (Å²) in [4.78, 5) is 22.3. The Morgan fingerprint density at radius 1 is 1.22 bits per heavy atom. The first-order valence-electron chi connectivity index (χ1n) is 7.73. The van der Waals surface area contributed by atoms with E-state index in [2.05, 4.69) is 15.3 Å². The fourth-order valence-corrected chi connectivity index (χ4v) is 2.48. The van der Waals surface area contributed by atoms with E-state index in [1.807, 2.05) is 38.1 Å². The Balaban J connectivity index is 1.96. The number of halogens is 1. The van der Waals surface area contributed by atoms with Crippen LogP contribution in [0.2, 0.25) is 5.02 Å². The van der Waals surface area contributed by atoms with Gasteiger partial charge in [-0.2, -0.15) is 0 Å². The molecule has 0 bridgehead atoms. The SMILES string of the molecule is CCN(CC)C(=O)c1cc(NCCc2cccc(Cl)c2)ncn1. The maximum Gasteiger partial charge on any atom is 0.272 e. The summed E-state index contributed by atoms with van der Waals surface area (Å²) in [7, 11) is 0. The zero-order valence-electron chi connectivity index (χ0n) is 13.4. The number of carbonyl (C=O) groups is 1. The number of amides is 1. The molecule has 0 radical (unpaired) electrons. The van der Waals surface area contributed by atoms with Crippen LogP contribution in [0.25, 0.3) is 0 Å². The second kappa shape index (κ2) is 8.48. The average Bonchev–Trinajstić information content (AvgIpc) is 2.56. The third-order valence-electron chi connectivity index (χ3n) is 3.55. The molecule has 0 spiro atoms. The van der Waals surface area contributed by atoms with Gasteiger partial charge in [-0.15, -0.1) is 0 Å². The molecule has 0 unspecified atom stereocenters. The molecular formula is C17H21ClN4O. The molecule has 122 valence electrons. The molecule has 0 aliphatic carbocycles. The Hall–Kier alpha value is -2.14. The van der Waals surface area contributed by atoms with E-state index >= 15 is 0 Å². The molecule has 2 aromatic rings. The van der Waals surface area contributed by atoms with Gasteiger partial charge < -0.3 is 10.2 Å². The largest absolute Gasteiger partial charge is 0.370 e. The normalized spacial score (nSPS) is 10.4. The molecule has 2 rings (SSSR count). The summed E-state index contributed by atoms with van der Waals surface area (Å²) < 4.78 is 0. The molecule has 1 N–H and O–H groups in total. The molecule has 0 atom stereocenters. The van der Waals surface area contributed by atoms with Crippen molar-refractivity contribution in [2.24, 2.45) is 0 Å². The molecule has 23 heavy (non-hydrogen) atoms. The summed E-state index contributed by atoms with van der Waals surface area (Å²) in [6.45, 7) is 5.93. The van der Waals surface area contributed by atoms with Gasteiger partial charge in [-0.25, -0.2) is 9.97 Å². The van der Waals surface area contributed by atoms with Crippen LogP contribution < -0.4 is 5.32 Å². The van der Waals surface area contributed by atoms with Gasteiger partial charge in [0.15, 0.2) is 0 Å². The van der Waals surface area contributed by atoms with E-state index in [1.54, 1.807) is 11.0 Å². The first-order chi connectivity index (χ1) is 11.1. The summed E-state index contributed by atoms with van der Waals surface area (Å²) in [5.74, 6) is 0.577. The molecule has 1 heterocycles. The molecule has 0 saturated heterocycles. The monoisotopic (exact) mass is 332 g/mol. The van der Waals surface area contributed by atoms with Gasteiger partial charge in [0.1, 0.15) is 17.8 Å². The Morgan fingerprint density at radius 3 is 2.70 bits per heavy atom. The van der Waals surface area contributed by atoms with E-state index in [9.17, 15) is 4.79 Å². The highest BCUT2D eigenvalue weighted by Gasteiger charge is 2.14. The number of benzene rings is 1. The van der Waals surface area contributed by atoms with Crippen LogP contribution >= 0.6 is 11.6 Å². The Labute approximate surface area is 141 Å². The molecule has 1 amide bonds. The third kappa shape index (κ3) is 4.93. The van der Waals surface area contributed by atoms with Crippen LogP contribution in [-0.4, -0.2) is 40.4 Å². The van der Waals surface area contributed by atoms with Gasteiger partial charge in [0.2, 0.25) is 0 Å². The molecule has 0 fully saturated rings. The minimum Gasteiger partial charge on any atom is -0.370 e. The number of nitrogens with one attached hydrogen (secondary N) is 1. The van der Waals surface area contributed by atoms with Gasteiger partial charge in [0.05, 0.1) is 0 Å². The minimum atomic E-state index is -0.0738. The van der Waals surface area contributed by atoms with Crippen LogP contribution in [0.5, 0.6) is 0 Å². The number of rotatable bonds is 7. The van der Waals surface area contributed by atoms with Crippen LogP contribution in [0.4, 0.5) is 5.82 Å². The number of aromatic nitrogens is 2. The number of carbonyl (C=O) groups excluding carboxylic acids is 1. The maximum atomic E-state index is 12.3. The predicted molar refractivity (Wildman–Crippen MR) is 92.9 cm³/mol. The predicted octanol–water partition coefficient (Wildman–Crippen LogP) is 3.27. The standard InChI is InChI=1S/C17H21ClN4O/c1-3-22(4-2)17(23)15-11-16(21-12-20-15)19-9-8-13-6-5-7-14(18)10-13/h5-7,10-12H,3-4,8-9H2,1-2H3,(H,19,20,21). The van der Waals surface area contributed by atoms with Crippen molar-refractivity contribution >= 4 is 23.3 Å². The molecule has 1 aromatic carbocycles. The summed E-state index contributed by atoms with van der Waals surface area (Å²) in [5, 5.41) is 3.95. The number of hydrogen-bond donors (Lipinski definition) is 1. The summed E-state index contributed by atoms with van der Waals surface area (Å²) in [5.41, 5.74) is 1.56. The van der Waals surface area contributed by atoms with Crippen molar-refractivity contribution in [1.29, 1.82) is 0 Å². The highest BCUT2D eigenvalue weighted by Crippen LogP contribution is 2.12. The number of nitrogens with zero attached hydrogens (tertiary/aromatic N) is 3. The summed E-state index contributed by atoms with van der Waals surface area (Å²) in [6, 6.07) is 9.46. The fourth-order valence-electron chi connectivity index (χ4n) is 2.27. The maximum absolute atomic E-state index is 12.3. The molecular weight excluding hydrogens is 312 g/mol. The Morgan fingerprint density at radius 2 is 2.00 bits per heavy atom. The summed E-state index contributed by atoms with van der Waals surface area (Å²) in [6.07, 6.45) is 2.24. The van der Waals surface area contributed by atoms with Gasteiger partial charge >= 0.3 is 0 Å². The molecule has 6 heteroatoms. The van der Waals surface area contributed by atoms with E-state index in [0.717, 1.165) is 17.0 Å². The lowest BCUT2D eigenvalue weighted by Crippen LogP contribution is -2.31. The Bertz CT molecular complexity index is 659. The van der Waals surface area contributed by atoms with E-state index < -0.39 is 0 Å². The first kappa shape index (κ1) is 17.2. The van der Waals surface area contributed by atoms with E-state index in [1.165, 1.54) is 6.33 Å². The van der Waals surface area contributed by atoms with Crippen LogP contribution in [-0.2, 0) is 6.42 Å². The smallest absolute Gasteiger partial charge is 0.272 e. The second-order valence-corrected chi connectivity index (χ2v) is 5.51. The topological polar surface area (TPSA) is 58.1 Å². The lowest BCUT2D eigenvalue weighted by Gasteiger charge is -2.18. The van der Waals surface area contributed by atoms with Crippen molar-refractivity contribution in [3.05, 3.63) is 52.9 Å². The quantitative estimate of drug-likeness (QED) is 0.845. The third-order valence-corrected chi connectivity index (χ3v) is 3.78. The lowest BCUT2D eigenvalue weighted by molar-refractivity contribution is 0.0767. The van der Waals surface area contributed by atoms with Gasteiger partial charge in [0.25, 0.3) is 5.91 Å². The molecule has 0 saturated carbocycles. The zero-order valence-corrected chi connectivity index (χ0v) is 14.2. The van der Waals surface area contributed by atoms with Gasteiger partial charge in [-0.05, 0) is 38.0 Å². The Kier molecular flexibility index (Phi) is 6.35. The number of hydrogen-bond acceptors (Lipinski definition) is 4. The summed E-state index contributed by atoms with van der Waals surface area (Å²) >= 11 is 5.97. The van der Waals surface area contributed by atoms with Crippen molar-refractivity contribution in [2.75, 3.05) is 25.0 Å². The molecule has 1 aromatic heterocycles. The van der Waals surface area contributed by atoms with E-state index in [-0.39, 0.29) is 5.91 Å². The number of anilines is 1. The van der Waals surface area contributed by atoms with E-state index in [0.29, 0.717) is 31.1 Å². The molecule has 5 nitrogen and oxygen atoms in total. The lowest BCUT2D eigenvalue weighted by atomic mass is 10.1. The average molecular weight is 333 g/mol. The van der Waals surface area contributed by atoms with Crippen LogP contribution in [0.15, 0.2) is 36.7 Å². The minimum absolute atomic E-state index is 0.0738. The van der Waals surface area contributed by atoms with Gasteiger partial charge in [-0.3, -0.25) is 4.79 Å². The van der Waals surface area contributed by atoms with Crippen molar-refractivity contribution in [2.45, 2.75) is 20.3 Å². The molecule has 0 aliphatic heterocycles. The van der Waals surface area contributed by atoms with Crippen molar-refractivity contribution in [3.8, 4) is 0 Å². The highest BCUT2D eigenvalue weighted by molar-refractivity contribution is 6.30. The van der Waals surface area contributed by atoms with Gasteiger partial charge in [-0.1, -0.05) is 23.7 Å². The van der Waals surface area contributed by atoms with Crippen LogP contribution in [0.3, 0.4) is 0 Å². The van der Waals surface area contributed by atoms with Crippen molar-refractivity contribution < 1.29 is 4.79 Å². The highest BCUT2D eigenvalue weighted by atomic mass is 35.5. The first-order valence-corrected chi connectivity index (χ1v) is 8.11. The second-order valence-electron chi connectivity index (χ2n) is 5.07. The van der Waals surface area contributed by atoms with Gasteiger partial charge in [0, 0.05) is 30.7 Å². The van der Waals surface area contributed by atoms with Crippen molar-refractivity contribution in [3.63, 3.8) is 0 Å². The van der Waals surface area contributed by atoms with Crippen LogP contribution in [0.1, 0.15) is 29.9 Å².